The van der Waals surface area contributed by atoms with Gasteiger partial charge in [-0.3, -0.25) is 0 Å². The molecule has 0 saturated carbocycles. The van der Waals surface area contributed by atoms with Gasteiger partial charge in [0.15, 0.2) is 0 Å². The molecule has 0 N–H and O–H groups in total. The first-order chi connectivity index (χ1) is 16.5. The quantitative estimate of drug-likeness (QED) is 0.261. The lowest BCUT2D eigenvalue weighted by Crippen LogP contribution is -1.95. The molecule has 0 spiro atoms. The zero-order valence-electron chi connectivity index (χ0n) is 20.1. The number of benzene rings is 2. The Bertz CT molecular complexity index is 1530. The van der Waals surface area contributed by atoms with E-state index in [0.29, 0.717) is 0 Å². The number of hydrogen-bond donors (Lipinski definition) is 0. The summed E-state index contributed by atoms with van der Waals surface area (Å²) >= 11 is 0. The first kappa shape index (κ1) is 20.6. The van der Waals surface area contributed by atoms with E-state index in [4.69, 9.17) is 0 Å². The molecule has 2 nitrogen and oxygen atoms in total. The third-order valence-corrected chi connectivity index (χ3v) is 7.10. The largest absolute Gasteiger partial charge is 0.314 e. The molecule has 6 rings (SSSR count). The molecular formula is C32H28N2. The van der Waals surface area contributed by atoms with Crippen molar-refractivity contribution in [2.24, 2.45) is 0 Å². The molecule has 0 atom stereocenters. The molecule has 34 heavy (non-hydrogen) atoms. The van der Waals surface area contributed by atoms with Gasteiger partial charge < -0.3 is 8.80 Å². The molecule has 2 heteroatoms. The van der Waals surface area contributed by atoms with Crippen LogP contribution in [0.5, 0.6) is 0 Å². The van der Waals surface area contributed by atoms with E-state index in [1.165, 1.54) is 66.9 Å². The highest BCUT2D eigenvalue weighted by Gasteiger charge is 2.25. The fourth-order valence-corrected chi connectivity index (χ4v) is 5.35. The second kappa shape index (κ2) is 7.78. The molecule has 4 heterocycles. The summed E-state index contributed by atoms with van der Waals surface area (Å²) in [5, 5.41) is 0. The fourth-order valence-electron chi connectivity index (χ4n) is 5.35. The van der Waals surface area contributed by atoms with Crippen LogP contribution in [0.4, 0.5) is 0 Å². The molecule has 4 aromatic heterocycles. The molecule has 0 aliphatic heterocycles. The molecule has 166 valence electrons. The first-order valence-electron chi connectivity index (χ1n) is 11.9. The summed E-state index contributed by atoms with van der Waals surface area (Å²) in [5.41, 5.74) is 15.2. The maximum atomic E-state index is 2.37. The molecule has 6 aromatic rings. The smallest absolute Gasteiger partial charge is 0.0786 e. The van der Waals surface area contributed by atoms with Crippen LogP contribution < -0.4 is 0 Å². The minimum Gasteiger partial charge on any atom is -0.314 e. The minimum absolute atomic E-state index is 1.24. The van der Waals surface area contributed by atoms with E-state index in [9.17, 15) is 0 Å². The van der Waals surface area contributed by atoms with Crippen molar-refractivity contribution in [3.05, 3.63) is 120 Å². The zero-order chi connectivity index (χ0) is 23.4. The van der Waals surface area contributed by atoms with Gasteiger partial charge in [-0.1, -0.05) is 71.8 Å². The zero-order valence-corrected chi connectivity index (χ0v) is 20.1. The van der Waals surface area contributed by atoms with E-state index >= 15 is 0 Å². The van der Waals surface area contributed by atoms with E-state index < -0.39 is 0 Å². The molecule has 0 bridgehead atoms. The Kier molecular flexibility index (Phi) is 4.70. The lowest BCUT2D eigenvalue weighted by Gasteiger charge is -2.13. The topological polar surface area (TPSA) is 8.82 Å². The molecule has 0 unspecified atom stereocenters. The summed E-state index contributed by atoms with van der Waals surface area (Å²) < 4.78 is 4.74. The average Bonchev–Trinajstić information content (AvgIpc) is 3.31. The maximum absolute atomic E-state index is 2.37. The van der Waals surface area contributed by atoms with Crippen molar-refractivity contribution in [3.8, 4) is 33.6 Å². The van der Waals surface area contributed by atoms with Crippen LogP contribution in [0.1, 0.15) is 22.3 Å². The highest BCUT2D eigenvalue weighted by Crippen LogP contribution is 2.45. The average molecular weight is 441 g/mol. The summed E-state index contributed by atoms with van der Waals surface area (Å²) in [7, 11) is 0. The van der Waals surface area contributed by atoms with Gasteiger partial charge in [0, 0.05) is 34.6 Å². The van der Waals surface area contributed by atoms with E-state index in [1.807, 2.05) is 0 Å². The second-order valence-corrected chi connectivity index (χ2v) is 9.34. The van der Waals surface area contributed by atoms with Gasteiger partial charge >= 0.3 is 0 Å². The van der Waals surface area contributed by atoms with Crippen LogP contribution in [0.2, 0.25) is 0 Å². The van der Waals surface area contributed by atoms with Crippen molar-refractivity contribution in [1.82, 2.24) is 8.80 Å². The number of nitrogens with zero attached hydrogens (tertiary/aromatic N) is 2. The minimum atomic E-state index is 1.24. The summed E-state index contributed by atoms with van der Waals surface area (Å²) in [6, 6.07) is 30.9. The van der Waals surface area contributed by atoms with Crippen LogP contribution in [0.15, 0.2) is 97.3 Å². The lowest BCUT2D eigenvalue weighted by atomic mass is 9.94. The molecule has 0 saturated heterocycles. The summed E-state index contributed by atoms with van der Waals surface area (Å²) in [6.07, 6.45) is 4.40. The Hall–Kier alpha value is -4.04. The third kappa shape index (κ3) is 3.03. The van der Waals surface area contributed by atoms with Crippen LogP contribution in [0.25, 0.3) is 44.7 Å². The number of fused-ring (bicyclic) bond motifs is 2. The molecule has 2 aromatic carbocycles. The summed E-state index contributed by atoms with van der Waals surface area (Å²) in [5.74, 6) is 0. The second-order valence-electron chi connectivity index (χ2n) is 9.34. The fraction of sp³-hybridized carbons (Fsp3) is 0.125. The maximum Gasteiger partial charge on any atom is 0.0786 e. The van der Waals surface area contributed by atoms with E-state index in [0.717, 1.165) is 0 Å². The van der Waals surface area contributed by atoms with Crippen LogP contribution in [-0.4, -0.2) is 8.80 Å². The molecular weight excluding hydrogens is 412 g/mol. The number of hydrogen-bond acceptors (Lipinski definition) is 0. The predicted octanol–water partition coefficient (Wildman–Crippen LogP) is 8.43. The van der Waals surface area contributed by atoms with Crippen LogP contribution >= 0.6 is 0 Å². The van der Waals surface area contributed by atoms with E-state index in [1.54, 1.807) is 0 Å². The van der Waals surface area contributed by atoms with Gasteiger partial charge in [0.25, 0.3) is 0 Å². The van der Waals surface area contributed by atoms with Gasteiger partial charge in [0.05, 0.1) is 11.4 Å². The molecule has 0 radical (unpaired) electrons. The molecule has 0 fully saturated rings. The Morgan fingerprint density at radius 3 is 1.21 bits per heavy atom. The monoisotopic (exact) mass is 440 g/mol. The Balaban J connectivity index is 1.81. The normalized spacial score (nSPS) is 11.5. The Morgan fingerprint density at radius 2 is 0.824 bits per heavy atom. The number of pyridine rings is 2. The van der Waals surface area contributed by atoms with Gasteiger partial charge in [-0.25, -0.2) is 0 Å². The third-order valence-electron chi connectivity index (χ3n) is 7.10. The summed E-state index contributed by atoms with van der Waals surface area (Å²) in [6.45, 7) is 8.80. The Labute approximate surface area is 200 Å². The van der Waals surface area contributed by atoms with Crippen LogP contribution in [0, 0.1) is 27.7 Å². The highest BCUT2D eigenvalue weighted by atomic mass is 15.0. The van der Waals surface area contributed by atoms with Crippen molar-refractivity contribution in [2.45, 2.75) is 27.7 Å². The molecule has 0 amide bonds. The standard InChI is InChI=1S/C32H28N2/c1-21-11-15-25(16-12-21)29-23(3)27-9-5-7-19-33(27)31(29)32-30(26-17-13-22(2)14-18-26)24(4)28-10-6-8-20-34(28)32/h5-20H,1-4H3. The van der Waals surface area contributed by atoms with Crippen molar-refractivity contribution in [2.75, 3.05) is 0 Å². The van der Waals surface area contributed by atoms with Crippen molar-refractivity contribution in [3.63, 3.8) is 0 Å². The van der Waals surface area contributed by atoms with Crippen molar-refractivity contribution < 1.29 is 0 Å². The molecule has 0 aliphatic carbocycles. The Morgan fingerprint density at radius 1 is 0.441 bits per heavy atom. The lowest BCUT2D eigenvalue weighted by molar-refractivity contribution is 1.14. The highest BCUT2D eigenvalue weighted by molar-refractivity contribution is 5.98. The van der Waals surface area contributed by atoms with Crippen molar-refractivity contribution >= 4 is 11.0 Å². The van der Waals surface area contributed by atoms with Gasteiger partial charge in [-0.2, -0.15) is 0 Å². The number of rotatable bonds is 3. The predicted molar refractivity (Wildman–Crippen MR) is 144 cm³/mol. The molecule has 0 aliphatic rings. The van der Waals surface area contributed by atoms with Gasteiger partial charge in [0.1, 0.15) is 0 Å². The van der Waals surface area contributed by atoms with Crippen molar-refractivity contribution in [1.29, 1.82) is 0 Å². The van der Waals surface area contributed by atoms with E-state index in [2.05, 4.69) is 134 Å². The van der Waals surface area contributed by atoms with Gasteiger partial charge in [-0.05, 0) is 74.2 Å². The first-order valence-corrected chi connectivity index (χ1v) is 11.9. The van der Waals surface area contributed by atoms with Gasteiger partial charge in [-0.15, -0.1) is 0 Å². The number of aryl methyl sites for hydroxylation is 4. The van der Waals surface area contributed by atoms with E-state index in [-0.39, 0.29) is 0 Å². The number of aromatic nitrogens is 2. The summed E-state index contributed by atoms with van der Waals surface area (Å²) in [4.78, 5) is 0. The van der Waals surface area contributed by atoms with Crippen LogP contribution in [-0.2, 0) is 0 Å². The van der Waals surface area contributed by atoms with Gasteiger partial charge in [0.2, 0.25) is 0 Å². The SMILES string of the molecule is Cc1ccc(-c2c(C)c3ccccn3c2-c2c(-c3ccc(C)cc3)c(C)c3ccccn23)cc1. The van der Waals surface area contributed by atoms with Crippen LogP contribution in [0.3, 0.4) is 0 Å².